The van der Waals surface area contributed by atoms with Crippen LogP contribution >= 0.6 is 0 Å². The number of rotatable bonds is 7. The van der Waals surface area contributed by atoms with Gasteiger partial charge >= 0.3 is 0 Å². The number of carbonyl (C=O) groups excluding carboxylic acids is 1. The van der Waals surface area contributed by atoms with Crippen LogP contribution in [-0.2, 0) is 4.79 Å². The fourth-order valence-electron chi connectivity index (χ4n) is 3.36. The molecule has 146 valence electrons. The molecule has 0 aliphatic carbocycles. The Bertz CT molecular complexity index is 560. The molecule has 0 aromatic carbocycles. The lowest BCUT2D eigenvalue weighted by molar-refractivity contribution is -0.130. The quantitative estimate of drug-likeness (QED) is 0.591. The Morgan fingerprint density at radius 3 is 2.38 bits per heavy atom. The highest BCUT2D eigenvalue weighted by molar-refractivity contribution is 5.80. The highest BCUT2D eigenvalue weighted by atomic mass is 16.3. The molecule has 0 saturated carbocycles. The van der Waals surface area contributed by atoms with E-state index in [1.807, 2.05) is 17.0 Å². The molecule has 26 heavy (non-hydrogen) atoms. The first-order valence-corrected chi connectivity index (χ1v) is 9.66. The minimum absolute atomic E-state index is 0.132. The van der Waals surface area contributed by atoms with Gasteiger partial charge in [0.15, 0.2) is 5.96 Å². The lowest BCUT2D eigenvalue weighted by Gasteiger charge is -2.36. The molecule has 0 bridgehead atoms. The Labute approximate surface area is 157 Å². The second kappa shape index (κ2) is 10.2. The van der Waals surface area contributed by atoms with Gasteiger partial charge in [0.2, 0.25) is 5.91 Å². The molecule has 0 spiro atoms. The van der Waals surface area contributed by atoms with Crippen molar-refractivity contribution in [1.82, 2.24) is 20.0 Å². The highest BCUT2D eigenvalue weighted by Gasteiger charge is 2.23. The van der Waals surface area contributed by atoms with Gasteiger partial charge in [0, 0.05) is 39.6 Å². The Morgan fingerprint density at radius 1 is 1.23 bits per heavy atom. The van der Waals surface area contributed by atoms with Crippen molar-refractivity contribution in [3.8, 4) is 0 Å². The van der Waals surface area contributed by atoms with Crippen LogP contribution in [0.2, 0.25) is 0 Å². The lowest BCUT2D eigenvalue weighted by Crippen LogP contribution is -2.53. The van der Waals surface area contributed by atoms with Crippen LogP contribution < -0.4 is 5.32 Å². The van der Waals surface area contributed by atoms with E-state index in [1.165, 1.54) is 0 Å². The number of piperazine rings is 1. The summed E-state index contributed by atoms with van der Waals surface area (Å²) in [6, 6.07) is 4.09. The van der Waals surface area contributed by atoms with E-state index in [0.29, 0.717) is 6.54 Å². The summed E-state index contributed by atoms with van der Waals surface area (Å²) in [6.45, 7) is 14.5. The SMILES string of the molecule is CCNC(=NCC(c1ccco1)N(CC)CC)N1CCN(C(C)=O)CC1. The molecule has 1 N–H and O–H groups in total. The monoisotopic (exact) mass is 363 g/mol. The van der Waals surface area contributed by atoms with E-state index in [0.717, 1.165) is 57.5 Å². The molecule has 1 amide bonds. The van der Waals surface area contributed by atoms with Gasteiger partial charge in [-0.15, -0.1) is 0 Å². The van der Waals surface area contributed by atoms with E-state index in [2.05, 4.69) is 35.9 Å². The summed E-state index contributed by atoms with van der Waals surface area (Å²) in [5.41, 5.74) is 0. The molecule has 2 rings (SSSR count). The van der Waals surface area contributed by atoms with E-state index in [4.69, 9.17) is 9.41 Å². The maximum atomic E-state index is 11.5. The largest absolute Gasteiger partial charge is 0.468 e. The number of likely N-dealkylation sites (N-methyl/N-ethyl adjacent to an activating group) is 1. The van der Waals surface area contributed by atoms with Crippen LogP contribution in [0.1, 0.15) is 39.5 Å². The van der Waals surface area contributed by atoms with E-state index < -0.39 is 0 Å². The van der Waals surface area contributed by atoms with Crippen molar-refractivity contribution >= 4 is 11.9 Å². The first-order valence-electron chi connectivity index (χ1n) is 9.66. The van der Waals surface area contributed by atoms with Crippen molar-refractivity contribution in [1.29, 1.82) is 0 Å². The van der Waals surface area contributed by atoms with Gasteiger partial charge in [-0.25, -0.2) is 0 Å². The zero-order valence-corrected chi connectivity index (χ0v) is 16.6. The molecule has 1 aromatic rings. The molecule has 1 aromatic heterocycles. The molecule has 1 atom stereocenters. The van der Waals surface area contributed by atoms with Crippen molar-refractivity contribution in [2.45, 2.75) is 33.7 Å². The number of nitrogens with zero attached hydrogens (tertiary/aromatic N) is 4. The van der Waals surface area contributed by atoms with Gasteiger partial charge in [0.1, 0.15) is 5.76 Å². The predicted octanol–water partition coefficient (Wildman–Crippen LogP) is 1.79. The number of aliphatic imine (C=N–C) groups is 1. The molecule has 1 saturated heterocycles. The van der Waals surface area contributed by atoms with E-state index in [1.54, 1.807) is 13.2 Å². The maximum Gasteiger partial charge on any atom is 0.219 e. The minimum atomic E-state index is 0.132. The summed E-state index contributed by atoms with van der Waals surface area (Å²) >= 11 is 0. The number of nitrogens with one attached hydrogen (secondary N) is 1. The maximum absolute atomic E-state index is 11.5. The van der Waals surface area contributed by atoms with Crippen molar-refractivity contribution in [2.24, 2.45) is 4.99 Å². The topological polar surface area (TPSA) is 64.3 Å². The lowest BCUT2D eigenvalue weighted by atomic mass is 10.2. The third-order valence-electron chi connectivity index (χ3n) is 4.90. The number of carbonyl (C=O) groups is 1. The van der Waals surface area contributed by atoms with Gasteiger partial charge in [-0.1, -0.05) is 13.8 Å². The third-order valence-corrected chi connectivity index (χ3v) is 4.90. The van der Waals surface area contributed by atoms with Gasteiger partial charge in [0.25, 0.3) is 0 Å². The van der Waals surface area contributed by atoms with E-state index >= 15 is 0 Å². The molecule has 1 aliphatic rings. The molecule has 7 nitrogen and oxygen atoms in total. The van der Waals surface area contributed by atoms with Crippen LogP contribution in [0.5, 0.6) is 0 Å². The number of hydrogen-bond acceptors (Lipinski definition) is 4. The summed E-state index contributed by atoms with van der Waals surface area (Å²) in [5.74, 6) is 2.01. The molecule has 2 heterocycles. The first kappa shape index (κ1) is 20.3. The predicted molar refractivity (Wildman–Crippen MR) is 104 cm³/mol. The molecule has 7 heteroatoms. The van der Waals surface area contributed by atoms with Crippen molar-refractivity contribution in [2.75, 3.05) is 52.4 Å². The van der Waals surface area contributed by atoms with Crippen LogP contribution in [0.3, 0.4) is 0 Å². The smallest absolute Gasteiger partial charge is 0.219 e. The highest BCUT2D eigenvalue weighted by Crippen LogP contribution is 2.21. The normalized spacial score (nSPS) is 16.9. The fraction of sp³-hybridized carbons (Fsp3) is 0.684. The average Bonchev–Trinajstić information content (AvgIpc) is 3.18. The molecule has 1 fully saturated rings. The van der Waals surface area contributed by atoms with Crippen molar-refractivity contribution in [3.63, 3.8) is 0 Å². The van der Waals surface area contributed by atoms with Gasteiger partial charge in [-0.2, -0.15) is 0 Å². The van der Waals surface area contributed by atoms with Crippen LogP contribution in [0.4, 0.5) is 0 Å². The van der Waals surface area contributed by atoms with Crippen LogP contribution in [0, 0.1) is 0 Å². The van der Waals surface area contributed by atoms with Crippen LogP contribution in [-0.4, -0.2) is 78.9 Å². The summed E-state index contributed by atoms with van der Waals surface area (Å²) in [6.07, 6.45) is 1.72. The summed E-state index contributed by atoms with van der Waals surface area (Å²) < 4.78 is 5.67. The first-order chi connectivity index (χ1) is 12.6. The Kier molecular flexibility index (Phi) is 7.97. The zero-order chi connectivity index (χ0) is 18.9. The number of amides is 1. The Balaban J connectivity index is 2.09. The zero-order valence-electron chi connectivity index (χ0n) is 16.6. The Hall–Kier alpha value is -2.02. The number of guanidine groups is 1. The van der Waals surface area contributed by atoms with E-state index in [-0.39, 0.29) is 11.9 Å². The fourth-order valence-corrected chi connectivity index (χ4v) is 3.36. The van der Waals surface area contributed by atoms with Gasteiger partial charge in [0.05, 0.1) is 18.8 Å². The second-order valence-electron chi connectivity index (χ2n) is 6.44. The van der Waals surface area contributed by atoms with Crippen molar-refractivity contribution < 1.29 is 9.21 Å². The van der Waals surface area contributed by atoms with E-state index in [9.17, 15) is 4.79 Å². The molecule has 1 unspecified atom stereocenters. The molecular weight excluding hydrogens is 330 g/mol. The minimum Gasteiger partial charge on any atom is -0.468 e. The summed E-state index contributed by atoms with van der Waals surface area (Å²) in [5, 5.41) is 3.40. The average molecular weight is 364 g/mol. The molecule has 1 aliphatic heterocycles. The third kappa shape index (κ3) is 5.24. The Morgan fingerprint density at radius 2 is 1.88 bits per heavy atom. The summed E-state index contributed by atoms with van der Waals surface area (Å²) in [7, 11) is 0. The summed E-state index contributed by atoms with van der Waals surface area (Å²) in [4.78, 5) is 22.9. The van der Waals surface area contributed by atoms with Crippen LogP contribution in [0.15, 0.2) is 27.8 Å². The molecular formula is C19H33N5O2. The molecule has 0 radical (unpaired) electrons. The number of hydrogen-bond donors (Lipinski definition) is 1. The van der Waals surface area contributed by atoms with Crippen LogP contribution in [0.25, 0.3) is 0 Å². The number of furan rings is 1. The van der Waals surface area contributed by atoms with Gasteiger partial charge < -0.3 is 19.5 Å². The standard InChI is InChI=1S/C19H33N5O2/c1-5-20-19(24-12-10-23(11-13-24)16(4)25)21-15-17(22(6-2)7-3)18-9-8-14-26-18/h8-9,14,17H,5-7,10-13,15H2,1-4H3,(H,20,21). The van der Waals surface area contributed by atoms with Crippen molar-refractivity contribution in [3.05, 3.63) is 24.2 Å². The van der Waals surface area contributed by atoms with Gasteiger partial charge in [-0.3, -0.25) is 14.7 Å². The second-order valence-corrected chi connectivity index (χ2v) is 6.44. The van der Waals surface area contributed by atoms with Gasteiger partial charge in [-0.05, 0) is 32.1 Å².